The van der Waals surface area contributed by atoms with Crippen LogP contribution in [0.2, 0.25) is 0 Å². The first kappa shape index (κ1) is 20.9. The quantitative estimate of drug-likeness (QED) is 0.603. The molecule has 0 aliphatic heterocycles. The Kier molecular flexibility index (Phi) is 7.50. The first-order valence-corrected chi connectivity index (χ1v) is 10.6. The average Bonchev–Trinajstić information content (AvgIpc) is 3.00. The van der Waals surface area contributed by atoms with Gasteiger partial charge in [-0.15, -0.1) is 0 Å². The molecule has 152 valence electrons. The molecule has 1 fully saturated rings. The van der Waals surface area contributed by atoms with Gasteiger partial charge in [0.1, 0.15) is 16.8 Å². The van der Waals surface area contributed by atoms with Crippen molar-refractivity contribution in [2.24, 2.45) is 11.8 Å². The van der Waals surface area contributed by atoms with Crippen molar-refractivity contribution in [3.05, 3.63) is 34.8 Å². The summed E-state index contributed by atoms with van der Waals surface area (Å²) < 4.78 is 14.0. The molecule has 1 heterocycles. The van der Waals surface area contributed by atoms with Crippen molar-refractivity contribution in [2.45, 2.75) is 39.2 Å². The molecule has 0 atom stereocenters. The van der Waals surface area contributed by atoms with E-state index in [2.05, 4.69) is 28.1 Å². The van der Waals surface area contributed by atoms with E-state index in [9.17, 15) is 4.79 Å². The van der Waals surface area contributed by atoms with E-state index in [1.165, 1.54) is 0 Å². The normalized spacial score (nSPS) is 19.5. The second-order valence-electron chi connectivity index (χ2n) is 7.24. The van der Waals surface area contributed by atoms with Crippen LogP contribution < -0.4 is 4.74 Å². The van der Waals surface area contributed by atoms with Gasteiger partial charge in [0.15, 0.2) is 0 Å². The zero-order valence-corrected chi connectivity index (χ0v) is 17.7. The Morgan fingerprint density at radius 3 is 2.54 bits per heavy atom. The minimum absolute atomic E-state index is 0.207. The maximum absolute atomic E-state index is 10.6. The van der Waals surface area contributed by atoms with E-state index in [1.54, 1.807) is 0 Å². The molecule has 7 heteroatoms. The first-order valence-electron chi connectivity index (χ1n) is 9.82. The summed E-state index contributed by atoms with van der Waals surface area (Å²) in [6.07, 6.45) is 4.29. The van der Waals surface area contributed by atoms with Gasteiger partial charge in [-0.25, -0.2) is 9.48 Å². The van der Waals surface area contributed by atoms with Crippen molar-refractivity contribution in [2.75, 3.05) is 19.8 Å². The molecule has 0 radical (unpaired) electrons. The summed E-state index contributed by atoms with van der Waals surface area (Å²) in [6.45, 7) is 3.72. The number of aliphatic carboxylic acids is 1. The Morgan fingerprint density at radius 1 is 1.21 bits per heavy atom. The van der Waals surface area contributed by atoms with Crippen LogP contribution in [0.15, 0.2) is 34.8 Å². The van der Waals surface area contributed by atoms with Gasteiger partial charge < -0.3 is 14.6 Å². The summed E-state index contributed by atoms with van der Waals surface area (Å²) in [5.74, 6) is 0.862. The SMILES string of the molecule is CCOc1c(Br)c(-c2ccccc2)nn1C[C@H]1CC[C@H](COCC(=O)O)CC1. The van der Waals surface area contributed by atoms with Crippen LogP contribution >= 0.6 is 15.9 Å². The van der Waals surface area contributed by atoms with Crippen molar-refractivity contribution < 1.29 is 19.4 Å². The number of hydrogen-bond acceptors (Lipinski definition) is 4. The number of carboxylic acid groups (broad SMARTS) is 1. The molecule has 2 aromatic rings. The molecule has 1 aromatic carbocycles. The molecule has 0 saturated heterocycles. The van der Waals surface area contributed by atoms with Crippen molar-refractivity contribution in [1.29, 1.82) is 0 Å². The maximum atomic E-state index is 10.6. The van der Waals surface area contributed by atoms with Crippen LogP contribution in [0.4, 0.5) is 0 Å². The summed E-state index contributed by atoms with van der Waals surface area (Å²) >= 11 is 3.68. The van der Waals surface area contributed by atoms with E-state index < -0.39 is 5.97 Å². The Labute approximate surface area is 174 Å². The highest BCUT2D eigenvalue weighted by Gasteiger charge is 2.25. The van der Waals surface area contributed by atoms with Gasteiger partial charge in [0, 0.05) is 12.1 Å². The Bertz CT molecular complexity index is 770. The highest BCUT2D eigenvalue weighted by Crippen LogP contribution is 2.37. The third-order valence-corrected chi connectivity index (χ3v) is 5.87. The summed E-state index contributed by atoms with van der Waals surface area (Å²) in [7, 11) is 0. The van der Waals surface area contributed by atoms with Crippen LogP contribution in [-0.4, -0.2) is 40.7 Å². The molecular formula is C21H27BrN2O4. The van der Waals surface area contributed by atoms with Crippen molar-refractivity contribution in [3.8, 4) is 17.1 Å². The third-order valence-electron chi connectivity index (χ3n) is 5.16. The number of hydrogen-bond donors (Lipinski definition) is 1. The molecule has 1 aromatic heterocycles. The number of carbonyl (C=O) groups is 1. The molecule has 1 N–H and O–H groups in total. The molecule has 1 aliphatic rings. The second kappa shape index (κ2) is 10.1. The minimum Gasteiger partial charge on any atom is -0.480 e. The Balaban J connectivity index is 1.63. The van der Waals surface area contributed by atoms with Gasteiger partial charge in [0.25, 0.3) is 0 Å². The fourth-order valence-electron chi connectivity index (χ4n) is 3.74. The zero-order chi connectivity index (χ0) is 19.9. The molecular weight excluding hydrogens is 424 g/mol. The van der Waals surface area contributed by atoms with E-state index >= 15 is 0 Å². The lowest BCUT2D eigenvalue weighted by molar-refractivity contribution is -0.142. The van der Waals surface area contributed by atoms with Gasteiger partial charge in [0.05, 0.1) is 13.2 Å². The van der Waals surface area contributed by atoms with Gasteiger partial charge in [-0.05, 0) is 60.4 Å². The molecule has 0 unspecified atom stereocenters. The number of carboxylic acids is 1. The molecule has 3 rings (SSSR count). The Morgan fingerprint density at radius 2 is 1.89 bits per heavy atom. The topological polar surface area (TPSA) is 73.6 Å². The summed E-state index contributed by atoms with van der Waals surface area (Å²) in [5.41, 5.74) is 1.97. The van der Waals surface area contributed by atoms with Gasteiger partial charge in [-0.2, -0.15) is 5.10 Å². The predicted octanol–water partition coefficient (Wildman–Crippen LogP) is 4.62. The van der Waals surface area contributed by atoms with E-state index in [4.69, 9.17) is 19.7 Å². The van der Waals surface area contributed by atoms with Gasteiger partial charge in [0.2, 0.25) is 5.88 Å². The van der Waals surface area contributed by atoms with E-state index in [0.29, 0.717) is 25.0 Å². The number of aromatic nitrogens is 2. The summed E-state index contributed by atoms with van der Waals surface area (Å²) in [6, 6.07) is 10.1. The molecule has 0 amide bonds. The van der Waals surface area contributed by atoms with Gasteiger partial charge in [-0.3, -0.25) is 0 Å². The molecule has 0 spiro atoms. The maximum Gasteiger partial charge on any atom is 0.329 e. The fourth-order valence-corrected chi connectivity index (χ4v) is 4.37. The Hall–Kier alpha value is -1.86. The lowest BCUT2D eigenvalue weighted by Crippen LogP contribution is -2.23. The predicted molar refractivity (Wildman–Crippen MR) is 110 cm³/mol. The van der Waals surface area contributed by atoms with Crippen LogP contribution in [-0.2, 0) is 16.1 Å². The van der Waals surface area contributed by atoms with Crippen LogP contribution in [0, 0.1) is 11.8 Å². The standard InChI is InChI=1S/C21H27BrN2O4/c1-2-28-21-19(22)20(17-6-4-3-5-7-17)23-24(21)12-15-8-10-16(11-9-15)13-27-14-18(25)26/h3-7,15-16H,2,8-14H2,1H3,(H,25,26)/t15-,16-. The number of ether oxygens (including phenoxy) is 2. The van der Waals surface area contributed by atoms with Crippen LogP contribution in [0.3, 0.4) is 0 Å². The van der Waals surface area contributed by atoms with Gasteiger partial charge >= 0.3 is 5.97 Å². The second-order valence-corrected chi connectivity index (χ2v) is 8.04. The monoisotopic (exact) mass is 450 g/mol. The zero-order valence-electron chi connectivity index (χ0n) is 16.1. The first-order chi connectivity index (χ1) is 13.6. The van der Waals surface area contributed by atoms with Crippen molar-refractivity contribution in [3.63, 3.8) is 0 Å². The average molecular weight is 451 g/mol. The van der Waals surface area contributed by atoms with Crippen molar-refractivity contribution >= 4 is 21.9 Å². The fraction of sp³-hybridized carbons (Fsp3) is 0.524. The van der Waals surface area contributed by atoms with Crippen LogP contribution in [0.5, 0.6) is 5.88 Å². The minimum atomic E-state index is -0.907. The lowest BCUT2D eigenvalue weighted by atomic mass is 9.82. The smallest absolute Gasteiger partial charge is 0.329 e. The molecule has 28 heavy (non-hydrogen) atoms. The molecule has 0 bridgehead atoms. The lowest BCUT2D eigenvalue weighted by Gasteiger charge is -2.28. The summed E-state index contributed by atoms with van der Waals surface area (Å²) in [5, 5.41) is 13.5. The molecule has 6 nitrogen and oxygen atoms in total. The van der Waals surface area contributed by atoms with Gasteiger partial charge in [-0.1, -0.05) is 30.3 Å². The highest BCUT2D eigenvalue weighted by molar-refractivity contribution is 9.10. The third kappa shape index (κ3) is 5.35. The van der Waals surface area contributed by atoms with Crippen molar-refractivity contribution in [1.82, 2.24) is 9.78 Å². The van der Waals surface area contributed by atoms with Crippen LogP contribution in [0.1, 0.15) is 32.6 Å². The van der Waals surface area contributed by atoms with E-state index in [0.717, 1.165) is 53.8 Å². The van der Waals surface area contributed by atoms with E-state index in [-0.39, 0.29) is 6.61 Å². The number of rotatable bonds is 9. The molecule has 1 aliphatic carbocycles. The highest BCUT2D eigenvalue weighted by atomic mass is 79.9. The summed E-state index contributed by atoms with van der Waals surface area (Å²) in [4.78, 5) is 10.6. The van der Waals surface area contributed by atoms with E-state index in [1.807, 2.05) is 29.8 Å². The largest absolute Gasteiger partial charge is 0.480 e. The molecule has 1 saturated carbocycles. The van der Waals surface area contributed by atoms with Crippen LogP contribution in [0.25, 0.3) is 11.3 Å². The number of benzene rings is 1. The number of halogens is 1. The number of nitrogens with zero attached hydrogens (tertiary/aromatic N) is 2.